The molecular formula is C24H24Cl2F3N3O2. The third-order valence-electron chi connectivity index (χ3n) is 5.20. The first-order valence-electron chi connectivity index (χ1n) is 10.6. The van der Waals surface area contributed by atoms with Crippen molar-refractivity contribution in [3.05, 3.63) is 87.0 Å². The monoisotopic (exact) mass is 513 g/mol. The van der Waals surface area contributed by atoms with Gasteiger partial charge in [-0.1, -0.05) is 54.4 Å². The minimum atomic E-state index is -4.44. The Morgan fingerprint density at radius 3 is 2.59 bits per heavy atom. The average Bonchev–Trinajstić information content (AvgIpc) is 3.24. The number of hydrogen-bond donors (Lipinski definition) is 1. The van der Waals surface area contributed by atoms with Crippen molar-refractivity contribution in [2.75, 3.05) is 0 Å². The quantitative estimate of drug-likeness (QED) is 0.344. The van der Waals surface area contributed by atoms with Gasteiger partial charge in [0.1, 0.15) is 6.26 Å². The molecule has 0 saturated carbocycles. The van der Waals surface area contributed by atoms with Gasteiger partial charge in [-0.3, -0.25) is 9.69 Å². The van der Waals surface area contributed by atoms with Crippen LogP contribution in [0.2, 0.25) is 10.0 Å². The van der Waals surface area contributed by atoms with Crippen LogP contribution in [0.25, 0.3) is 0 Å². The van der Waals surface area contributed by atoms with Crippen molar-refractivity contribution in [2.45, 2.75) is 52.1 Å². The Balaban J connectivity index is 1.83. The number of hydrogen-bond acceptors (Lipinski definition) is 4. The molecule has 3 aromatic rings. The fourth-order valence-electron chi connectivity index (χ4n) is 3.24. The predicted molar refractivity (Wildman–Crippen MR) is 125 cm³/mol. The molecule has 0 radical (unpaired) electrons. The summed E-state index contributed by atoms with van der Waals surface area (Å²) in [7, 11) is 0. The summed E-state index contributed by atoms with van der Waals surface area (Å²) in [6.45, 7) is 4.44. The van der Waals surface area contributed by atoms with Gasteiger partial charge in [0.05, 0.1) is 12.1 Å². The Morgan fingerprint density at radius 2 is 1.91 bits per heavy atom. The summed E-state index contributed by atoms with van der Waals surface area (Å²) in [5.74, 6) is -0.0964. The van der Waals surface area contributed by atoms with Gasteiger partial charge in [-0.25, -0.2) is 4.98 Å². The van der Waals surface area contributed by atoms with Gasteiger partial charge in [0.2, 0.25) is 5.89 Å². The van der Waals surface area contributed by atoms with E-state index >= 15 is 0 Å². The number of benzene rings is 2. The number of rotatable bonds is 9. The van der Waals surface area contributed by atoms with Gasteiger partial charge in [0, 0.05) is 29.2 Å². The van der Waals surface area contributed by atoms with E-state index in [1.807, 2.05) is 18.7 Å². The smallest absolute Gasteiger partial charge is 0.416 e. The summed E-state index contributed by atoms with van der Waals surface area (Å²) in [6, 6.07) is 10.1. The van der Waals surface area contributed by atoms with E-state index in [1.54, 1.807) is 24.3 Å². The molecule has 2 aromatic carbocycles. The van der Waals surface area contributed by atoms with Crippen LogP contribution in [0.1, 0.15) is 53.3 Å². The maximum atomic E-state index is 13.2. The standard InChI is InChI=1S/C24H24Cl2F3N3O2/c1-3-15(2)30-23(33)21-14-34-22(31-21)13-32(12-17-7-8-19(25)10-20(17)26)11-16-5-4-6-18(9-16)24(27,28)29/h4-10,14-15H,3,11-13H2,1-2H3,(H,30,33). The summed E-state index contributed by atoms with van der Waals surface area (Å²) in [4.78, 5) is 18.4. The van der Waals surface area contributed by atoms with E-state index in [4.69, 9.17) is 27.6 Å². The summed E-state index contributed by atoms with van der Waals surface area (Å²) in [5, 5.41) is 3.72. The van der Waals surface area contributed by atoms with Gasteiger partial charge in [-0.05, 0) is 42.7 Å². The van der Waals surface area contributed by atoms with Gasteiger partial charge < -0.3 is 9.73 Å². The highest BCUT2D eigenvalue weighted by molar-refractivity contribution is 6.35. The number of oxazole rings is 1. The first-order valence-corrected chi connectivity index (χ1v) is 11.4. The first-order chi connectivity index (χ1) is 16.0. The lowest BCUT2D eigenvalue weighted by atomic mass is 10.1. The van der Waals surface area contributed by atoms with Crippen LogP contribution in [0.15, 0.2) is 53.1 Å². The number of amides is 1. The highest BCUT2D eigenvalue weighted by atomic mass is 35.5. The number of nitrogens with one attached hydrogen (secondary N) is 1. The molecule has 10 heteroatoms. The zero-order valence-electron chi connectivity index (χ0n) is 18.6. The molecule has 1 N–H and O–H groups in total. The van der Waals surface area contributed by atoms with Crippen molar-refractivity contribution in [2.24, 2.45) is 0 Å². The molecule has 0 saturated heterocycles. The lowest BCUT2D eigenvalue weighted by molar-refractivity contribution is -0.137. The van der Waals surface area contributed by atoms with Crippen molar-refractivity contribution < 1.29 is 22.4 Å². The number of carbonyl (C=O) groups is 1. The van der Waals surface area contributed by atoms with Gasteiger partial charge in [0.25, 0.3) is 5.91 Å². The Kier molecular flexibility index (Phi) is 8.62. The van der Waals surface area contributed by atoms with Crippen LogP contribution in [0.4, 0.5) is 13.2 Å². The SMILES string of the molecule is CCC(C)NC(=O)c1coc(CN(Cc2cccc(C(F)(F)F)c2)Cc2ccc(Cl)cc2Cl)n1. The molecule has 5 nitrogen and oxygen atoms in total. The molecule has 0 aliphatic heterocycles. The van der Waals surface area contributed by atoms with E-state index in [-0.39, 0.29) is 36.6 Å². The summed E-state index contributed by atoms with van der Waals surface area (Å²) in [6.07, 6.45) is -2.41. The lowest BCUT2D eigenvalue weighted by Crippen LogP contribution is -2.32. The van der Waals surface area contributed by atoms with Gasteiger partial charge in [-0.15, -0.1) is 0 Å². The third-order valence-corrected chi connectivity index (χ3v) is 5.79. The molecular weight excluding hydrogens is 490 g/mol. The number of nitrogens with zero attached hydrogens (tertiary/aromatic N) is 2. The van der Waals surface area contributed by atoms with Crippen LogP contribution in [-0.4, -0.2) is 21.8 Å². The van der Waals surface area contributed by atoms with Crippen LogP contribution >= 0.6 is 23.2 Å². The van der Waals surface area contributed by atoms with E-state index in [9.17, 15) is 18.0 Å². The van der Waals surface area contributed by atoms with Crippen molar-refractivity contribution >= 4 is 29.1 Å². The normalized spacial score (nSPS) is 12.7. The highest BCUT2D eigenvalue weighted by Crippen LogP contribution is 2.30. The van der Waals surface area contributed by atoms with Crippen molar-refractivity contribution in [3.8, 4) is 0 Å². The second-order valence-electron chi connectivity index (χ2n) is 7.99. The molecule has 1 atom stereocenters. The molecule has 1 aromatic heterocycles. The maximum absolute atomic E-state index is 13.2. The molecule has 0 bridgehead atoms. The molecule has 34 heavy (non-hydrogen) atoms. The van der Waals surface area contributed by atoms with Crippen molar-refractivity contribution in [1.82, 2.24) is 15.2 Å². The Labute approximate surface area is 205 Å². The second-order valence-corrected chi connectivity index (χ2v) is 8.83. The van der Waals surface area contributed by atoms with Crippen LogP contribution < -0.4 is 5.32 Å². The van der Waals surface area contributed by atoms with E-state index in [1.165, 1.54) is 12.3 Å². The van der Waals surface area contributed by atoms with E-state index in [2.05, 4.69) is 10.3 Å². The predicted octanol–water partition coefficient (Wildman–Crippen LogP) is 6.73. The number of halogens is 5. The molecule has 0 aliphatic rings. The average molecular weight is 514 g/mol. The number of aromatic nitrogens is 1. The van der Waals surface area contributed by atoms with Crippen LogP contribution in [-0.2, 0) is 25.8 Å². The fraction of sp³-hybridized carbons (Fsp3) is 0.333. The second kappa shape index (κ2) is 11.3. The number of alkyl halides is 3. The fourth-order valence-corrected chi connectivity index (χ4v) is 3.71. The Bertz CT molecular complexity index is 1130. The van der Waals surface area contributed by atoms with Crippen LogP contribution in [0.5, 0.6) is 0 Å². The first kappa shape index (κ1) is 26.1. The van der Waals surface area contributed by atoms with Gasteiger partial charge >= 0.3 is 6.18 Å². The molecule has 0 aliphatic carbocycles. The molecule has 0 spiro atoms. The van der Waals surface area contributed by atoms with Crippen molar-refractivity contribution in [3.63, 3.8) is 0 Å². The molecule has 1 unspecified atom stereocenters. The molecule has 1 heterocycles. The van der Waals surface area contributed by atoms with Crippen molar-refractivity contribution in [1.29, 1.82) is 0 Å². The van der Waals surface area contributed by atoms with Gasteiger partial charge in [0.15, 0.2) is 5.69 Å². The minimum absolute atomic E-state index is 0.0166. The zero-order valence-corrected chi connectivity index (χ0v) is 20.1. The summed E-state index contributed by atoms with van der Waals surface area (Å²) in [5.41, 5.74) is 0.606. The molecule has 0 fully saturated rings. The zero-order chi connectivity index (χ0) is 24.9. The van der Waals surface area contributed by atoms with E-state index in [0.717, 1.165) is 24.1 Å². The highest BCUT2D eigenvalue weighted by Gasteiger charge is 2.30. The van der Waals surface area contributed by atoms with Crippen LogP contribution in [0, 0.1) is 0 Å². The molecule has 3 rings (SSSR count). The minimum Gasteiger partial charge on any atom is -0.447 e. The Morgan fingerprint density at radius 1 is 1.15 bits per heavy atom. The number of carbonyl (C=O) groups excluding carboxylic acids is 1. The maximum Gasteiger partial charge on any atom is 0.416 e. The topological polar surface area (TPSA) is 58.4 Å². The third kappa shape index (κ3) is 7.22. The summed E-state index contributed by atoms with van der Waals surface area (Å²) >= 11 is 12.3. The molecule has 182 valence electrons. The van der Waals surface area contributed by atoms with E-state index in [0.29, 0.717) is 22.2 Å². The van der Waals surface area contributed by atoms with Crippen LogP contribution in [0.3, 0.4) is 0 Å². The van der Waals surface area contributed by atoms with Gasteiger partial charge in [-0.2, -0.15) is 13.2 Å². The largest absolute Gasteiger partial charge is 0.447 e. The lowest BCUT2D eigenvalue weighted by Gasteiger charge is -2.22. The summed E-state index contributed by atoms with van der Waals surface area (Å²) < 4.78 is 45.0. The molecule has 1 amide bonds. The van der Waals surface area contributed by atoms with E-state index < -0.39 is 11.7 Å². The Hall–Kier alpha value is -2.55.